The molecule has 0 bridgehead atoms. The molecule has 0 aliphatic carbocycles. The molecule has 0 amide bonds. The Bertz CT molecular complexity index is 426. The van der Waals surface area contributed by atoms with Gasteiger partial charge in [0.05, 0.1) is 0 Å². The van der Waals surface area contributed by atoms with Crippen molar-refractivity contribution in [3.63, 3.8) is 0 Å². The molecule has 0 aliphatic rings. The maximum atomic E-state index is 14.0. The summed E-state index contributed by atoms with van der Waals surface area (Å²) in [5, 5.41) is 0. The lowest BCUT2D eigenvalue weighted by Crippen LogP contribution is -2.41. The van der Waals surface area contributed by atoms with Crippen LogP contribution in [-0.2, 0) is 0 Å². The van der Waals surface area contributed by atoms with E-state index in [9.17, 15) is 13.6 Å². The standard InChI is InChI=1S/C14H20F2N2O/c1-5-18(10(2)8-17(3)4)14-12(15)6-11(9-19)7-13(14)16/h6-7,9-10H,5,8H2,1-4H3. The number of rotatable bonds is 6. The summed E-state index contributed by atoms with van der Waals surface area (Å²) in [4.78, 5) is 14.2. The van der Waals surface area contributed by atoms with Gasteiger partial charge in [-0.3, -0.25) is 4.79 Å². The van der Waals surface area contributed by atoms with Crippen molar-refractivity contribution < 1.29 is 13.6 Å². The summed E-state index contributed by atoms with van der Waals surface area (Å²) in [5.41, 5.74) is -0.0579. The molecule has 106 valence electrons. The molecule has 0 spiro atoms. The fourth-order valence-electron chi connectivity index (χ4n) is 2.24. The van der Waals surface area contributed by atoms with Crippen LogP contribution >= 0.6 is 0 Å². The quantitative estimate of drug-likeness (QED) is 0.742. The van der Waals surface area contributed by atoms with Crippen LogP contribution in [0, 0.1) is 11.6 Å². The molecule has 5 heteroatoms. The Morgan fingerprint density at radius 1 is 1.26 bits per heavy atom. The third kappa shape index (κ3) is 3.73. The lowest BCUT2D eigenvalue weighted by molar-refractivity contribution is 0.112. The third-order valence-electron chi connectivity index (χ3n) is 2.96. The van der Waals surface area contributed by atoms with Crippen LogP contribution in [0.25, 0.3) is 0 Å². The highest BCUT2D eigenvalue weighted by Crippen LogP contribution is 2.26. The van der Waals surface area contributed by atoms with Crippen LogP contribution in [0.4, 0.5) is 14.5 Å². The van der Waals surface area contributed by atoms with Gasteiger partial charge < -0.3 is 9.80 Å². The molecule has 0 radical (unpaired) electrons. The van der Waals surface area contributed by atoms with Gasteiger partial charge in [0.25, 0.3) is 0 Å². The van der Waals surface area contributed by atoms with Gasteiger partial charge in [-0.1, -0.05) is 0 Å². The summed E-state index contributed by atoms with van der Waals surface area (Å²) in [6.45, 7) is 4.93. The van der Waals surface area contributed by atoms with Gasteiger partial charge in [-0.25, -0.2) is 8.78 Å². The lowest BCUT2D eigenvalue weighted by atomic mass is 10.1. The molecule has 0 heterocycles. The maximum absolute atomic E-state index is 14.0. The molecule has 1 aromatic rings. The maximum Gasteiger partial charge on any atom is 0.150 e. The van der Waals surface area contributed by atoms with Crippen molar-refractivity contribution in [3.05, 3.63) is 29.3 Å². The molecule has 1 unspecified atom stereocenters. The molecule has 0 N–H and O–H groups in total. The van der Waals surface area contributed by atoms with Crippen molar-refractivity contribution in [3.8, 4) is 0 Å². The normalized spacial score (nSPS) is 12.6. The van der Waals surface area contributed by atoms with Gasteiger partial charge >= 0.3 is 0 Å². The Kier molecular flexibility index (Phi) is 5.42. The van der Waals surface area contributed by atoms with Gasteiger partial charge in [0.15, 0.2) is 0 Å². The van der Waals surface area contributed by atoms with Gasteiger partial charge in [0.1, 0.15) is 23.6 Å². The van der Waals surface area contributed by atoms with Crippen LogP contribution in [-0.4, -0.2) is 44.4 Å². The first-order valence-corrected chi connectivity index (χ1v) is 6.26. The average molecular weight is 270 g/mol. The average Bonchev–Trinajstić information content (AvgIpc) is 2.32. The highest BCUT2D eigenvalue weighted by atomic mass is 19.1. The number of nitrogens with zero attached hydrogens (tertiary/aromatic N) is 2. The number of anilines is 1. The number of hydrogen-bond acceptors (Lipinski definition) is 3. The highest BCUT2D eigenvalue weighted by Gasteiger charge is 2.21. The van der Waals surface area contributed by atoms with E-state index in [4.69, 9.17) is 0 Å². The Hall–Kier alpha value is -1.49. The molecule has 0 fully saturated rings. The smallest absolute Gasteiger partial charge is 0.150 e. The van der Waals surface area contributed by atoms with E-state index < -0.39 is 11.6 Å². The van der Waals surface area contributed by atoms with Crippen molar-refractivity contribution in [2.45, 2.75) is 19.9 Å². The first-order valence-electron chi connectivity index (χ1n) is 6.26. The van der Waals surface area contributed by atoms with Crippen molar-refractivity contribution in [2.24, 2.45) is 0 Å². The summed E-state index contributed by atoms with van der Waals surface area (Å²) in [7, 11) is 3.82. The molecule has 1 atom stereocenters. The minimum atomic E-state index is -0.699. The van der Waals surface area contributed by atoms with E-state index in [2.05, 4.69) is 0 Å². The number of aldehydes is 1. The number of halogens is 2. The zero-order valence-electron chi connectivity index (χ0n) is 11.8. The predicted octanol–water partition coefficient (Wildman–Crippen LogP) is 2.55. The monoisotopic (exact) mass is 270 g/mol. The highest BCUT2D eigenvalue weighted by molar-refractivity contribution is 5.76. The second-order valence-electron chi connectivity index (χ2n) is 4.85. The van der Waals surface area contributed by atoms with E-state index in [1.165, 1.54) is 0 Å². The number of benzene rings is 1. The predicted molar refractivity (Wildman–Crippen MR) is 72.8 cm³/mol. The van der Waals surface area contributed by atoms with Crippen molar-refractivity contribution >= 4 is 12.0 Å². The minimum Gasteiger partial charge on any atom is -0.363 e. The topological polar surface area (TPSA) is 23.6 Å². The molecule has 3 nitrogen and oxygen atoms in total. The molecule has 0 saturated carbocycles. The summed E-state index contributed by atoms with van der Waals surface area (Å²) < 4.78 is 28.0. The van der Waals surface area contributed by atoms with Crippen LogP contribution in [0.15, 0.2) is 12.1 Å². The van der Waals surface area contributed by atoms with Crippen LogP contribution in [0.2, 0.25) is 0 Å². The van der Waals surface area contributed by atoms with E-state index in [0.29, 0.717) is 19.4 Å². The second-order valence-corrected chi connectivity index (χ2v) is 4.85. The summed E-state index contributed by atoms with van der Waals surface area (Å²) in [6.07, 6.45) is 0.440. The van der Waals surface area contributed by atoms with Gasteiger partial charge in [-0.05, 0) is 40.1 Å². The van der Waals surface area contributed by atoms with Crippen LogP contribution in [0.5, 0.6) is 0 Å². The molecule has 0 saturated heterocycles. The van der Waals surface area contributed by atoms with E-state index in [1.54, 1.807) is 4.90 Å². The number of carbonyl (C=O) groups is 1. The van der Waals surface area contributed by atoms with Gasteiger partial charge in [-0.15, -0.1) is 0 Å². The summed E-state index contributed by atoms with van der Waals surface area (Å²) in [5.74, 6) is -1.40. The molecular formula is C14H20F2N2O. The largest absolute Gasteiger partial charge is 0.363 e. The fourth-order valence-corrected chi connectivity index (χ4v) is 2.24. The zero-order chi connectivity index (χ0) is 14.6. The Morgan fingerprint density at radius 3 is 2.16 bits per heavy atom. The molecule has 0 aliphatic heterocycles. The first-order chi connectivity index (χ1) is 8.90. The van der Waals surface area contributed by atoms with E-state index >= 15 is 0 Å². The van der Waals surface area contributed by atoms with E-state index in [-0.39, 0.29) is 17.3 Å². The third-order valence-corrected chi connectivity index (χ3v) is 2.96. The van der Waals surface area contributed by atoms with Gasteiger partial charge in [0.2, 0.25) is 0 Å². The van der Waals surface area contributed by atoms with Gasteiger partial charge in [0, 0.05) is 24.7 Å². The van der Waals surface area contributed by atoms with Crippen LogP contribution < -0.4 is 4.90 Å². The van der Waals surface area contributed by atoms with E-state index in [1.807, 2.05) is 32.8 Å². The molecule has 1 rings (SSSR count). The fraction of sp³-hybridized carbons (Fsp3) is 0.500. The second kappa shape index (κ2) is 6.61. The van der Waals surface area contributed by atoms with Crippen molar-refractivity contribution in [2.75, 3.05) is 32.1 Å². The SMILES string of the molecule is CCN(c1c(F)cc(C=O)cc1F)C(C)CN(C)C. The lowest BCUT2D eigenvalue weighted by Gasteiger charge is -2.32. The Morgan fingerprint density at radius 2 is 1.79 bits per heavy atom. The molecule has 19 heavy (non-hydrogen) atoms. The van der Waals surface area contributed by atoms with Crippen molar-refractivity contribution in [1.82, 2.24) is 4.90 Å². The molecule has 1 aromatic carbocycles. The molecule has 0 aromatic heterocycles. The minimum absolute atomic E-state index is 0.00932. The number of carbonyl (C=O) groups excluding carboxylic acids is 1. The van der Waals surface area contributed by atoms with Crippen LogP contribution in [0.3, 0.4) is 0 Å². The summed E-state index contributed by atoms with van der Waals surface area (Å²) in [6, 6.07) is 2.10. The first kappa shape index (κ1) is 15.6. The number of likely N-dealkylation sites (N-methyl/N-ethyl adjacent to an activating group) is 2. The summed E-state index contributed by atoms with van der Waals surface area (Å²) >= 11 is 0. The van der Waals surface area contributed by atoms with Crippen LogP contribution in [0.1, 0.15) is 24.2 Å². The number of hydrogen-bond donors (Lipinski definition) is 0. The van der Waals surface area contributed by atoms with Gasteiger partial charge in [-0.2, -0.15) is 0 Å². The zero-order valence-corrected chi connectivity index (χ0v) is 11.8. The van der Waals surface area contributed by atoms with Crippen molar-refractivity contribution in [1.29, 1.82) is 0 Å². The molecular weight excluding hydrogens is 250 g/mol. The Labute approximate surface area is 112 Å². The Balaban J connectivity index is 3.14. The van der Waals surface area contributed by atoms with E-state index in [0.717, 1.165) is 12.1 Å².